The van der Waals surface area contributed by atoms with E-state index in [1.54, 1.807) is 6.20 Å². The number of hydrogen-bond donors (Lipinski definition) is 0. The number of pyridine rings is 1. The highest BCUT2D eigenvalue weighted by molar-refractivity contribution is 8.00. The van der Waals surface area contributed by atoms with Crippen LogP contribution in [-0.2, 0) is 0 Å². The molecule has 0 amide bonds. The predicted octanol–water partition coefficient (Wildman–Crippen LogP) is 4.14. The molecule has 1 aliphatic rings. The predicted molar refractivity (Wildman–Crippen MR) is 74.6 cm³/mol. The quantitative estimate of drug-likeness (QED) is 0.808. The number of para-hydroxylation sites is 1. The number of rotatable bonds is 2. The lowest BCUT2D eigenvalue weighted by atomic mass is 10.2. The first-order valence-corrected chi connectivity index (χ1v) is 7.21. The first-order valence-electron chi connectivity index (χ1n) is 6.33. The average molecular weight is 254 g/mol. The van der Waals surface area contributed by atoms with E-state index in [2.05, 4.69) is 17.1 Å². The Labute approximate surface area is 111 Å². The van der Waals surface area contributed by atoms with E-state index in [4.69, 9.17) is 0 Å². The van der Waals surface area contributed by atoms with Gasteiger partial charge in [0.2, 0.25) is 0 Å². The van der Waals surface area contributed by atoms with E-state index in [1.165, 1.54) is 25.7 Å². The van der Waals surface area contributed by atoms with E-state index in [9.17, 15) is 5.26 Å². The van der Waals surface area contributed by atoms with Crippen LogP contribution in [0.1, 0.15) is 31.2 Å². The number of hydrogen-bond acceptors (Lipinski definition) is 3. The summed E-state index contributed by atoms with van der Waals surface area (Å²) in [6.07, 6.45) is 6.89. The third-order valence-corrected chi connectivity index (χ3v) is 4.91. The van der Waals surface area contributed by atoms with Gasteiger partial charge in [0.25, 0.3) is 0 Å². The molecular weight excluding hydrogens is 240 g/mol. The summed E-state index contributed by atoms with van der Waals surface area (Å²) in [5.41, 5.74) is 1.70. The summed E-state index contributed by atoms with van der Waals surface area (Å²) in [4.78, 5) is 5.47. The molecule has 3 heteroatoms. The van der Waals surface area contributed by atoms with Crippen LogP contribution in [0.15, 0.2) is 35.4 Å². The molecule has 0 spiro atoms. The van der Waals surface area contributed by atoms with Gasteiger partial charge in [-0.15, -0.1) is 11.8 Å². The summed E-state index contributed by atoms with van der Waals surface area (Å²) in [7, 11) is 0. The van der Waals surface area contributed by atoms with Gasteiger partial charge in [-0.3, -0.25) is 4.98 Å². The molecule has 0 bridgehead atoms. The third kappa shape index (κ3) is 2.09. The Morgan fingerprint density at radius 2 is 2.00 bits per heavy atom. The van der Waals surface area contributed by atoms with Gasteiger partial charge < -0.3 is 0 Å². The van der Waals surface area contributed by atoms with Crippen LogP contribution < -0.4 is 0 Å². The van der Waals surface area contributed by atoms with Gasteiger partial charge in [0, 0.05) is 21.7 Å². The van der Waals surface area contributed by atoms with Gasteiger partial charge in [0.1, 0.15) is 6.07 Å². The summed E-state index contributed by atoms with van der Waals surface area (Å²) in [5, 5.41) is 11.0. The van der Waals surface area contributed by atoms with Gasteiger partial charge in [0.15, 0.2) is 0 Å². The zero-order valence-electron chi connectivity index (χ0n) is 10.1. The molecular formula is C15H14N2S. The lowest BCUT2D eigenvalue weighted by Crippen LogP contribution is -1.96. The summed E-state index contributed by atoms with van der Waals surface area (Å²) < 4.78 is 0. The van der Waals surface area contributed by atoms with Crippen molar-refractivity contribution in [2.24, 2.45) is 0 Å². The van der Waals surface area contributed by atoms with Crippen molar-refractivity contribution in [3.05, 3.63) is 36.0 Å². The van der Waals surface area contributed by atoms with Gasteiger partial charge in [-0.2, -0.15) is 5.26 Å². The number of aromatic nitrogens is 1. The molecule has 1 aliphatic carbocycles. The normalized spacial score (nSPS) is 15.9. The van der Waals surface area contributed by atoms with Crippen LogP contribution in [0.5, 0.6) is 0 Å². The minimum atomic E-state index is 0.669. The summed E-state index contributed by atoms with van der Waals surface area (Å²) >= 11 is 1.87. The zero-order valence-corrected chi connectivity index (χ0v) is 10.9. The molecule has 2 aromatic rings. The van der Waals surface area contributed by atoms with E-state index in [-0.39, 0.29) is 0 Å². The summed E-state index contributed by atoms with van der Waals surface area (Å²) in [5.74, 6) is 0. The monoisotopic (exact) mass is 254 g/mol. The average Bonchev–Trinajstić information content (AvgIpc) is 2.92. The van der Waals surface area contributed by atoms with Crippen LogP contribution >= 0.6 is 11.8 Å². The maximum Gasteiger partial charge on any atom is 0.102 e. The Morgan fingerprint density at radius 3 is 2.78 bits per heavy atom. The highest BCUT2D eigenvalue weighted by Crippen LogP contribution is 2.39. The van der Waals surface area contributed by atoms with E-state index in [0.29, 0.717) is 10.8 Å². The van der Waals surface area contributed by atoms with Crippen molar-refractivity contribution in [2.75, 3.05) is 0 Å². The van der Waals surface area contributed by atoms with Crippen LogP contribution in [0.25, 0.3) is 10.9 Å². The molecule has 1 saturated carbocycles. The van der Waals surface area contributed by atoms with Crippen molar-refractivity contribution >= 4 is 22.7 Å². The van der Waals surface area contributed by atoms with Crippen molar-refractivity contribution < 1.29 is 0 Å². The van der Waals surface area contributed by atoms with Crippen LogP contribution in [0.4, 0.5) is 0 Å². The van der Waals surface area contributed by atoms with Crippen molar-refractivity contribution in [3.8, 4) is 6.07 Å². The fourth-order valence-electron chi connectivity index (χ4n) is 2.50. The van der Waals surface area contributed by atoms with Crippen LogP contribution in [0.2, 0.25) is 0 Å². The van der Waals surface area contributed by atoms with Crippen molar-refractivity contribution in [3.63, 3.8) is 0 Å². The summed E-state index contributed by atoms with van der Waals surface area (Å²) in [6, 6.07) is 10.4. The van der Waals surface area contributed by atoms with Crippen molar-refractivity contribution in [2.45, 2.75) is 35.8 Å². The molecule has 0 atom stereocenters. The summed E-state index contributed by atoms with van der Waals surface area (Å²) in [6.45, 7) is 0. The Kier molecular flexibility index (Phi) is 3.21. The van der Waals surface area contributed by atoms with Gasteiger partial charge in [-0.25, -0.2) is 0 Å². The van der Waals surface area contributed by atoms with E-state index in [1.807, 2.05) is 30.0 Å². The first-order chi connectivity index (χ1) is 8.88. The minimum absolute atomic E-state index is 0.669. The number of thioether (sulfide) groups is 1. The molecule has 1 fully saturated rings. The lowest BCUT2D eigenvalue weighted by Gasteiger charge is -2.12. The van der Waals surface area contributed by atoms with Gasteiger partial charge in [-0.05, 0) is 18.9 Å². The Morgan fingerprint density at radius 1 is 1.22 bits per heavy atom. The first kappa shape index (κ1) is 11.6. The molecule has 0 N–H and O–H groups in total. The second-order valence-electron chi connectivity index (χ2n) is 4.65. The van der Waals surface area contributed by atoms with Crippen LogP contribution in [0.3, 0.4) is 0 Å². The number of nitrogens with zero attached hydrogens (tertiary/aromatic N) is 2. The molecule has 0 aliphatic heterocycles. The molecule has 1 aromatic heterocycles. The number of nitriles is 1. The smallest absolute Gasteiger partial charge is 0.102 e. The molecule has 18 heavy (non-hydrogen) atoms. The maximum atomic E-state index is 9.25. The van der Waals surface area contributed by atoms with Gasteiger partial charge >= 0.3 is 0 Å². The van der Waals surface area contributed by atoms with Gasteiger partial charge in [-0.1, -0.05) is 31.0 Å². The topological polar surface area (TPSA) is 36.7 Å². The highest BCUT2D eigenvalue weighted by atomic mass is 32.2. The van der Waals surface area contributed by atoms with Crippen molar-refractivity contribution in [1.29, 1.82) is 5.26 Å². The molecule has 0 unspecified atom stereocenters. The molecule has 0 radical (unpaired) electrons. The zero-order chi connectivity index (χ0) is 12.4. The largest absolute Gasteiger partial charge is 0.255 e. The van der Waals surface area contributed by atoms with Crippen molar-refractivity contribution in [1.82, 2.24) is 4.98 Å². The molecule has 1 heterocycles. The standard InChI is InChI=1S/C15H14N2S/c16-9-11-10-17-14-8-4-3-7-13(14)15(11)18-12-5-1-2-6-12/h3-4,7-8,10,12H,1-2,5-6H2. The van der Waals surface area contributed by atoms with E-state index < -0.39 is 0 Å². The molecule has 1 aromatic carbocycles. The van der Waals surface area contributed by atoms with E-state index >= 15 is 0 Å². The molecule has 2 nitrogen and oxygen atoms in total. The Hall–Kier alpha value is -1.53. The van der Waals surface area contributed by atoms with E-state index in [0.717, 1.165) is 15.8 Å². The molecule has 90 valence electrons. The number of benzene rings is 1. The molecule has 3 rings (SSSR count). The minimum Gasteiger partial charge on any atom is -0.255 e. The fraction of sp³-hybridized carbons (Fsp3) is 0.333. The SMILES string of the molecule is N#Cc1cnc2ccccc2c1SC1CCCC1. The second kappa shape index (κ2) is 4.99. The Bertz CT molecular complexity index is 609. The third-order valence-electron chi connectivity index (χ3n) is 3.43. The Balaban J connectivity index is 2.08. The second-order valence-corrected chi connectivity index (χ2v) is 5.96. The van der Waals surface area contributed by atoms with Crippen LogP contribution in [0, 0.1) is 11.3 Å². The fourth-order valence-corrected chi connectivity index (χ4v) is 3.92. The van der Waals surface area contributed by atoms with Gasteiger partial charge in [0.05, 0.1) is 11.1 Å². The maximum absolute atomic E-state index is 9.25. The highest BCUT2D eigenvalue weighted by Gasteiger charge is 2.19. The molecule has 0 saturated heterocycles. The number of fused-ring (bicyclic) bond motifs is 1. The lowest BCUT2D eigenvalue weighted by molar-refractivity contribution is 0.886. The van der Waals surface area contributed by atoms with Crippen LogP contribution in [-0.4, -0.2) is 10.2 Å².